The fourth-order valence-electron chi connectivity index (χ4n) is 8.33. The first-order valence-electron chi connectivity index (χ1n) is 20.4. The molecule has 60 heavy (non-hydrogen) atoms. The fraction of sp³-hybridized carbons (Fsp3) is 0.0172. The third-order valence-corrected chi connectivity index (χ3v) is 12.5. The first-order chi connectivity index (χ1) is 29.6. The average molecular weight is 784 g/mol. The van der Waals surface area contributed by atoms with E-state index in [4.69, 9.17) is 4.98 Å². The predicted octanol–water partition coefficient (Wildman–Crippen LogP) is 16.8. The van der Waals surface area contributed by atoms with Gasteiger partial charge >= 0.3 is 0 Å². The van der Waals surface area contributed by atoms with Gasteiger partial charge in [0.2, 0.25) is 0 Å². The molecule has 284 valence electrons. The van der Waals surface area contributed by atoms with Crippen LogP contribution in [0.1, 0.15) is 12.5 Å². The number of allylic oxidation sites excluding steroid dienone is 5. The van der Waals surface area contributed by atoms with Gasteiger partial charge in [0.15, 0.2) is 0 Å². The van der Waals surface area contributed by atoms with E-state index in [2.05, 4.69) is 207 Å². The molecule has 0 spiro atoms. The number of thiazole rings is 1. The molecule has 1 nitrogen and oxygen atoms in total. The van der Waals surface area contributed by atoms with E-state index >= 15 is 0 Å². The summed E-state index contributed by atoms with van der Waals surface area (Å²) in [6, 6.07) is 70.5. The third-order valence-electron chi connectivity index (χ3n) is 11.5. The zero-order valence-corrected chi connectivity index (χ0v) is 34.2. The molecule has 10 aromatic rings. The molecule has 0 aliphatic carbocycles. The van der Waals surface area contributed by atoms with Gasteiger partial charge in [0, 0.05) is 11.1 Å². The summed E-state index contributed by atoms with van der Waals surface area (Å²) in [6.07, 6.45) is 8.08. The fourth-order valence-corrected chi connectivity index (χ4v) is 9.36. The normalized spacial score (nSPS) is 11.8. The summed E-state index contributed by atoms with van der Waals surface area (Å²) < 4.78 is 1.16. The lowest BCUT2D eigenvalue weighted by Gasteiger charge is -2.11. The van der Waals surface area contributed by atoms with E-state index in [0.717, 1.165) is 54.2 Å². The van der Waals surface area contributed by atoms with Crippen LogP contribution < -0.4 is 0 Å². The van der Waals surface area contributed by atoms with Crippen molar-refractivity contribution in [3.05, 3.63) is 231 Å². The van der Waals surface area contributed by atoms with Gasteiger partial charge in [-0.1, -0.05) is 207 Å². The van der Waals surface area contributed by atoms with Crippen molar-refractivity contribution < 1.29 is 0 Å². The van der Waals surface area contributed by atoms with Gasteiger partial charge in [-0.2, -0.15) is 0 Å². The van der Waals surface area contributed by atoms with Crippen LogP contribution in [0.25, 0.3) is 104 Å². The highest BCUT2D eigenvalue weighted by molar-refractivity contribution is 7.21. The molecule has 9 aromatic carbocycles. The molecule has 0 amide bonds. The Morgan fingerprint density at radius 1 is 0.467 bits per heavy atom. The number of hydrogen-bond acceptors (Lipinski definition) is 2. The predicted molar refractivity (Wildman–Crippen MR) is 260 cm³/mol. The number of rotatable bonds is 9. The lowest BCUT2D eigenvalue weighted by atomic mass is 9.93. The van der Waals surface area contributed by atoms with Gasteiger partial charge in [-0.25, -0.2) is 4.98 Å². The van der Waals surface area contributed by atoms with E-state index in [1.165, 1.54) is 54.9 Å². The standard InChI is InChI=1S/C58H41NS/c1-3-5-13-39(4-2)40-24-26-41(27-25-40)48-18-10-19-49(36-48)58-59-57-55(47-34-32-46(33-35-47)54-23-12-17-44-15-7-9-21-52(44)54)37-50(38-56(57)60-58)42-28-30-45(31-29-42)53-22-11-16-43-14-6-8-20-51(43)53/h3-38H,2H2,1H3/b5-3-,39-13+. The second-order valence-corrected chi connectivity index (χ2v) is 16.1. The Morgan fingerprint density at radius 3 is 1.60 bits per heavy atom. The van der Waals surface area contributed by atoms with Crippen LogP contribution >= 0.6 is 11.3 Å². The Morgan fingerprint density at radius 2 is 0.983 bits per heavy atom. The molecule has 1 aromatic heterocycles. The smallest absolute Gasteiger partial charge is 0.124 e. The molecule has 0 aliphatic rings. The van der Waals surface area contributed by atoms with Crippen LogP contribution in [-0.4, -0.2) is 4.98 Å². The van der Waals surface area contributed by atoms with Gasteiger partial charge in [0.25, 0.3) is 0 Å². The molecule has 0 atom stereocenters. The minimum Gasteiger partial charge on any atom is -0.235 e. The van der Waals surface area contributed by atoms with Crippen molar-refractivity contribution in [1.82, 2.24) is 4.98 Å². The molecule has 0 N–H and O–H groups in total. The lowest BCUT2D eigenvalue weighted by molar-refractivity contribution is 1.47. The summed E-state index contributed by atoms with van der Waals surface area (Å²) in [4.78, 5) is 5.40. The van der Waals surface area contributed by atoms with Crippen LogP contribution in [0.2, 0.25) is 0 Å². The summed E-state index contributed by atoms with van der Waals surface area (Å²) in [7, 11) is 0. The molecule has 0 bridgehead atoms. The number of aromatic nitrogens is 1. The van der Waals surface area contributed by atoms with Crippen LogP contribution in [0.15, 0.2) is 225 Å². The highest BCUT2D eigenvalue weighted by atomic mass is 32.1. The molecule has 0 fully saturated rings. The Bertz CT molecular complexity index is 3240. The van der Waals surface area contributed by atoms with Crippen LogP contribution in [0.5, 0.6) is 0 Å². The first kappa shape index (κ1) is 36.9. The minimum atomic E-state index is 1.00. The van der Waals surface area contributed by atoms with E-state index in [1.54, 1.807) is 11.3 Å². The van der Waals surface area contributed by atoms with E-state index in [0.29, 0.717) is 0 Å². The van der Waals surface area contributed by atoms with Crippen molar-refractivity contribution in [2.45, 2.75) is 6.92 Å². The maximum atomic E-state index is 5.40. The lowest BCUT2D eigenvalue weighted by Crippen LogP contribution is -1.87. The molecule has 10 rings (SSSR count). The quantitative estimate of drug-likeness (QED) is 0.133. The summed E-state index contributed by atoms with van der Waals surface area (Å²) in [5.74, 6) is 0. The van der Waals surface area contributed by atoms with Gasteiger partial charge in [-0.15, -0.1) is 11.3 Å². The van der Waals surface area contributed by atoms with Gasteiger partial charge in [-0.3, -0.25) is 0 Å². The van der Waals surface area contributed by atoms with Gasteiger partial charge in [0.05, 0.1) is 10.2 Å². The van der Waals surface area contributed by atoms with E-state index in [9.17, 15) is 0 Å². The number of nitrogens with zero attached hydrogens (tertiary/aromatic N) is 1. The number of fused-ring (bicyclic) bond motifs is 3. The molecule has 1 heterocycles. The Kier molecular flexibility index (Phi) is 9.91. The van der Waals surface area contributed by atoms with E-state index in [1.807, 2.05) is 25.2 Å². The first-order valence-corrected chi connectivity index (χ1v) is 21.2. The topological polar surface area (TPSA) is 12.9 Å². The van der Waals surface area contributed by atoms with Crippen molar-refractivity contribution >= 4 is 48.7 Å². The van der Waals surface area contributed by atoms with Gasteiger partial charge in [0.1, 0.15) is 5.01 Å². The number of hydrogen-bond donors (Lipinski definition) is 0. The molecule has 0 aliphatic heterocycles. The van der Waals surface area contributed by atoms with Gasteiger partial charge in [-0.05, 0) is 108 Å². The Balaban J connectivity index is 1.05. The highest BCUT2D eigenvalue weighted by Gasteiger charge is 2.16. The summed E-state index contributed by atoms with van der Waals surface area (Å²) in [5.41, 5.74) is 16.2. The molecule has 0 radical (unpaired) electrons. The van der Waals surface area contributed by atoms with Crippen LogP contribution in [0, 0.1) is 0 Å². The second-order valence-electron chi connectivity index (χ2n) is 15.1. The molecule has 2 heteroatoms. The van der Waals surface area contributed by atoms with Crippen molar-refractivity contribution in [2.75, 3.05) is 0 Å². The van der Waals surface area contributed by atoms with Crippen molar-refractivity contribution in [1.29, 1.82) is 0 Å². The maximum absolute atomic E-state index is 5.40. The summed E-state index contributed by atoms with van der Waals surface area (Å²) in [5, 5.41) is 6.02. The second kappa shape index (κ2) is 16.1. The van der Waals surface area contributed by atoms with Gasteiger partial charge < -0.3 is 0 Å². The zero-order chi connectivity index (χ0) is 40.4. The summed E-state index contributed by atoms with van der Waals surface area (Å²) >= 11 is 1.76. The molecule has 0 unspecified atom stereocenters. The highest BCUT2D eigenvalue weighted by Crippen LogP contribution is 2.41. The van der Waals surface area contributed by atoms with Crippen LogP contribution in [0.4, 0.5) is 0 Å². The Hall–Kier alpha value is -7.39. The minimum absolute atomic E-state index is 1.00. The van der Waals surface area contributed by atoms with Crippen LogP contribution in [0.3, 0.4) is 0 Å². The van der Waals surface area contributed by atoms with E-state index in [-0.39, 0.29) is 0 Å². The van der Waals surface area contributed by atoms with Crippen LogP contribution in [-0.2, 0) is 0 Å². The van der Waals surface area contributed by atoms with E-state index < -0.39 is 0 Å². The largest absolute Gasteiger partial charge is 0.235 e. The van der Waals surface area contributed by atoms with Crippen molar-refractivity contribution in [3.63, 3.8) is 0 Å². The third kappa shape index (κ3) is 7.08. The summed E-state index contributed by atoms with van der Waals surface area (Å²) in [6.45, 7) is 6.05. The monoisotopic (exact) mass is 783 g/mol. The maximum Gasteiger partial charge on any atom is 0.124 e. The molecule has 0 saturated carbocycles. The zero-order valence-electron chi connectivity index (χ0n) is 33.3. The molecule has 0 saturated heterocycles. The number of benzene rings is 9. The molecular weight excluding hydrogens is 743 g/mol. The van der Waals surface area contributed by atoms with Crippen molar-refractivity contribution in [2.24, 2.45) is 0 Å². The Labute approximate surface area is 355 Å². The van der Waals surface area contributed by atoms with Crippen molar-refractivity contribution in [3.8, 4) is 66.2 Å². The molecular formula is C58H41NS. The SMILES string of the molecule is C=C/C(=C\C=C/C)c1ccc(-c2cccc(-c3nc4c(-c5ccc(-c6cccc7ccccc67)cc5)cc(-c5ccc(-c6cccc7ccccc67)cc5)cc4s3)c2)cc1. The average Bonchev–Trinajstić information content (AvgIpc) is 3.76.